The number of aromatic nitrogens is 2. The summed E-state index contributed by atoms with van der Waals surface area (Å²) in [5.74, 6) is 1.95. The lowest BCUT2D eigenvalue weighted by molar-refractivity contribution is -0.139. The largest absolute Gasteiger partial charge is 0.494 e. The van der Waals surface area contributed by atoms with Crippen molar-refractivity contribution in [3.8, 4) is 11.5 Å². The second-order valence-corrected chi connectivity index (χ2v) is 6.66. The molecule has 4 rings (SSSR count). The molecular formula is C21H23N3O3. The third-order valence-corrected chi connectivity index (χ3v) is 4.86. The molecule has 0 radical (unpaired) electrons. The van der Waals surface area contributed by atoms with E-state index in [-0.39, 0.29) is 11.9 Å². The summed E-state index contributed by atoms with van der Waals surface area (Å²) in [4.78, 5) is 22.7. The maximum absolute atomic E-state index is 12.5. The minimum atomic E-state index is -0.164. The van der Waals surface area contributed by atoms with Crippen LogP contribution < -0.4 is 14.4 Å². The molecule has 1 aliphatic heterocycles. The number of ether oxygens (including phenoxy) is 2. The number of rotatable bonds is 5. The van der Waals surface area contributed by atoms with E-state index in [1.165, 1.54) is 0 Å². The van der Waals surface area contributed by atoms with Gasteiger partial charge in [-0.25, -0.2) is 4.98 Å². The molecule has 0 amide bonds. The first-order valence-corrected chi connectivity index (χ1v) is 9.37. The number of hydrogen-bond donors (Lipinski definition) is 1. The number of esters is 1. The molecule has 1 aliphatic rings. The highest BCUT2D eigenvalue weighted by Gasteiger charge is 2.27. The SMILES string of the molecule is CCOc1ccc(OC(=O)C2CCN(c3nc4ccccc4[nH]3)CC2)cc1. The molecule has 140 valence electrons. The van der Waals surface area contributed by atoms with Crippen molar-refractivity contribution in [1.29, 1.82) is 0 Å². The Kier molecular flexibility index (Phi) is 4.96. The highest BCUT2D eigenvalue weighted by molar-refractivity contribution is 5.78. The summed E-state index contributed by atoms with van der Waals surface area (Å²) in [5, 5.41) is 0. The van der Waals surface area contributed by atoms with Crippen LogP contribution in [0.15, 0.2) is 48.5 Å². The molecule has 3 aromatic rings. The smallest absolute Gasteiger partial charge is 0.314 e. The Morgan fingerprint density at radius 1 is 1.11 bits per heavy atom. The van der Waals surface area contributed by atoms with E-state index in [2.05, 4.69) is 14.9 Å². The standard InChI is InChI=1S/C21H23N3O3/c1-2-26-16-7-9-17(10-8-16)27-20(25)15-11-13-24(14-12-15)21-22-18-5-3-4-6-19(18)23-21/h3-10,15H,2,11-14H2,1H3,(H,22,23). The number of piperidine rings is 1. The second-order valence-electron chi connectivity index (χ2n) is 6.66. The fourth-order valence-electron chi connectivity index (χ4n) is 3.39. The van der Waals surface area contributed by atoms with Crippen LogP contribution in [0.1, 0.15) is 19.8 Å². The van der Waals surface area contributed by atoms with Crippen LogP contribution in [0.4, 0.5) is 5.95 Å². The molecule has 0 atom stereocenters. The fourth-order valence-corrected chi connectivity index (χ4v) is 3.39. The molecule has 2 heterocycles. The van der Waals surface area contributed by atoms with Crippen molar-refractivity contribution in [3.63, 3.8) is 0 Å². The predicted octanol–water partition coefficient (Wildman–Crippen LogP) is 3.78. The number of aromatic amines is 1. The van der Waals surface area contributed by atoms with Gasteiger partial charge in [-0.15, -0.1) is 0 Å². The number of benzene rings is 2. The quantitative estimate of drug-likeness (QED) is 0.550. The van der Waals surface area contributed by atoms with Gasteiger partial charge in [0.1, 0.15) is 11.5 Å². The third-order valence-electron chi connectivity index (χ3n) is 4.86. The van der Waals surface area contributed by atoms with E-state index in [0.29, 0.717) is 12.4 Å². The van der Waals surface area contributed by atoms with Gasteiger partial charge in [0.05, 0.1) is 23.6 Å². The molecule has 1 fully saturated rings. The van der Waals surface area contributed by atoms with Crippen molar-refractivity contribution in [3.05, 3.63) is 48.5 Å². The number of nitrogens with one attached hydrogen (secondary N) is 1. The summed E-state index contributed by atoms with van der Waals surface area (Å²) < 4.78 is 10.9. The Morgan fingerprint density at radius 3 is 2.52 bits per heavy atom. The highest BCUT2D eigenvalue weighted by atomic mass is 16.5. The van der Waals surface area contributed by atoms with Gasteiger partial charge in [-0.1, -0.05) is 12.1 Å². The van der Waals surface area contributed by atoms with E-state index in [0.717, 1.165) is 48.7 Å². The molecule has 0 bridgehead atoms. The summed E-state index contributed by atoms with van der Waals surface area (Å²) >= 11 is 0. The van der Waals surface area contributed by atoms with Crippen LogP contribution >= 0.6 is 0 Å². The molecule has 1 aromatic heterocycles. The van der Waals surface area contributed by atoms with Crippen LogP contribution in [-0.4, -0.2) is 35.6 Å². The number of para-hydroxylation sites is 2. The zero-order valence-electron chi connectivity index (χ0n) is 15.4. The van der Waals surface area contributed by atoms with Gasteiger partial charge >= 0.3 is 5.97 Å². The van der Waals surface area contributed by atoms with Crippen molar-refractivity contribution in [2.24, 2.45) is 5.92 Å². The monoisotopic (exact) mass is 365 g/mol. The molecule has 2 aromatic carbocycles. The minimum Gasteiger partial charge on any atom is -0.494 e. The first-order valence-electron chi connectivity index (χ1n) is 9.37. The van der Waals surface area contributed by atoms with E-state index < -0.39 is 0 Å². The van der Waals surface area contributed by atoms with Crippen LogP contribution in [0, 0.1) is 5.92 Å². The third kappa shape index (κ3) is 3.89. The second kappa shape index (κ2) is 7.70. The van der Waals surface area contributed by atoms with Gasteiger partial charge in [-0.2, -0.15) is 0 Å². The van der Waals surface area contributed by atoms with E-state index in [1.807, 2.05) is 43.3 Å². The lowest BCUT2D eigenvalue weighted by atomic mass is 9.97. The maximum Gasteiger partial charge on any atom is 0.314 e. The average Bonchev–Trinajstić information content (AvgIpc) is 3.14. The van der Waals surface area contributed by atoms with Crippen LogP contribution in [0.25, 0.3) is 11.0 Å². The van der Waals surface area contributed by atoms with Gasteiger partial charge in [0, 0.05) is 13.1 Å². The Balaban J connectivity index is 1.33. The molecule has 0 unspecified atom stereocenters. The number of imidazole rings is 1. The van der Waals surface area contributed by atoms with Gasteiger partial charge in [0.2, 0.25) is 5.95 Å². The Hall–Kier alpha value is -3.02. The van der Waals surface area contributed by atoms with Crippen LogP contribution in [-0.2, 0) is 4.79 Å². The zero-order valence-corrected chi connectivity index (χ0v) is 15.4. The number of H-pyrrole nitrogens is 1. The minimum absolute atomic E-state index is 0.0859. The molecule has 0 spiro atoms. The van der Waals surface area contributed by atoms with Gasteiger partial charge in [-0.05, 0) is 56.2 Å². The predicted molar refractivity (Wildman–Crippen MR) is 104 cm³/mol. The summed E-state index contributed by atoms with van der Waals surface area (Å²) in [7, 11) is 0. The highest BCUT2D eigenvalue weighted by Crippen LogP contribution is 2.25. The first-order chi connectivity index (χ1) is 13.2. The number of anilines is 1. The summed E-state index contributed by atoms with van der Waals surface area (Å²) in [6.45, 7) is 4.11. The Labute approximate surface area is 158 Å². The summed E-state index contributed by atoms with van der Waals surface area (Å²) in [5.41, 5.74) is 1.99. The normalized spacial score (nSPS) is 15.1. The van der Waals surface area contributed by atoms with Gasteiger partial charge < -0.3 is 19.4 Å². The number of carbonyl (C=O) groups is 1. The fraction of sp³-hybridized carbons (Fsp3) is 0.333. The van der Waals surface area contributed by atoms with Crippen LogP contribution in [0.3, 0.4) is 0 Å². The zero-order chi connectivity index (χ0) is 18.6. The molecule has 6 nitrogen and oxygen atoms in total. The van der Waals surface area contributed by atoms with Crippen LogP contribution in [0.5, 0.6) is 11.5 Å². The molecule has 1 N–H and O–H groups in total. The summed E-state index contributed by atoms with van der Waals surface area (Å²) in [6, 6.07) is 15.2. The topological polar surface area (TPSA) is 67.5 Å². The Morgan fingerprint density at radius 2 is 1.81 bits per heavy atom. The van der Waals surface area contributed by atoms with E-state index in [4.69, 9.17) is 9.47 Å². The Bertz CT molecular complexity index is 879. The molecule has 27 heavy (non-hydrogen) atoms. The molecular weight excluding hydrogens is 342 g/mol. The first kappa shape index (κ1) is 17.4. The molecule has 0 saturated carbocycles. The maximum atomic E-state index is 12.5. The van der Waals surface area contributed by atoms with Crippen molar-refractivity contribution >= 4 is 23.0 Å². The van der Waals surface area contributed by atoms with E-state index in [1.54, 1.807) is 12.1 Å². The van der Waals surface area contributed by atoms with Crippen molar-refractivity contribution < 1.29 is 14.3 Å². The van der Waals surface area contributed by atoms with Crippen molar-refractivity contribution in [2.75, 3.05) is 24.6 Å². The lowest BCUT2D eigenvalue weighted by Crippen LogP contribution is -2.38. The van der Waals surface area contributed by atoms with Crippen molar-refractivity contribution in [2.45, 2.75) is 19.8 Å². The van der Waals surface area contributed by atoms with Gasteiger partial charge in [-0.3, -0.25) is 4.79 Å². The number of carbonyl (C=O) groups excluding carboxylic acids is 1. The van der Waals surface area contributed by atoms with Gasteiger partial charge in [0.25, 0.3) is 0 Å². The molecule has 0 aliphatic carbocycles. The van der Waals surface area contributed by atoms with Crippen LogP contribution in [0.2, 0.25) is 0 Å². The number of hydrogen-bond acceptors (Lipinski definition) is 5. The lowest BCUT2D eigenvalue weighted by Gasteiger charge is -2.30. The summed E-state index contributed by atoms with van der Waals surface area (Å²) in [6.07, 6.45) is 1.51. The van der Waals surface area contributed by atoms with E-state index in [9.17, 15) is 4.79 Å². The van der Waals surface area contributed by atoms with E-state index >= 15 is 0 Å². The average molecular weight is 365 g/mol. The number of fused-ring (bicyclic) bond motifs is 1. The van der Waals surface area contributed by atoms with Gasteiger partial charge in [0.15, 0.2) is 0 Å². The molecule has 1 saturated heterocycles. The molecule has 6 heteroatoms. The van der Waals surface area contributed by atoms with Crippen molar-refractivity contribution in [1.82, 2.24) is 9.97 Å². The number of nitrogens with zero attached hydrogens (tertiary/aromatic N) is 2.